The molecule has 0 aromatic heterocycles. The molecular weight excluding hydrogens is 245 g/mol. The summed E-state index contributed by atoms with van der Waals surface area (Å²) in [6, 6.07) is 6.64. The van der Waals surface area contributed by atoms with Crippen LogP contribution >= 0.6 is 0 Å². The second-order valence-electron chi connectivity index (χ2n) is 4.72. The topological polar surface area (TPSA) is 40.5 Å². The Labute approximate surface area is 114 Å². The standard InChI is InChI=1S/C15H22FNO2/c1-2-9-17(10-4-7-15(18)19)11-8-13-5-3-6-14(16)12-13/h3,5-6,12H,2,4,7-11H2,1H3,(H,18,19). The molecular formula is C15H22FNO2. The SMILES string of the molecule is CCCN(CCCC(=O)O)CCc1cccc(F)c1. The zero-order valence-electron chi connectivity index (χ0n) is 11.4. The normalized spacial score (nSPS) is 10.9. The Morgan fingerprint density at radius 2 is 2.11 bits per heavy atom. The molecule has 1 rings (SSSR count). The van der Waals surface area contributed by atoms with Gasteiger partial charge in [0.2, 0.25) is 0 Å². The van der Waals surface area contributed by atoms with Crippen LogP contribution in [-0.4, -0.2) is 35.6 Å². The molecule has 0 aliphatic rings. The fraction of sp³-hybridized carbons (Fsp3) is 0.533. The van der Waals surface area contributed by atoms with Crippen molar-refractivity contribution < 1.29 is 14.3 Å². The molecule has 0 bridgehead atoms. The van der Waals surface area contributed by atoms with Gasteiger partial charge in [-0.05, 0) is 50.0 Å². The summed E-state index contributed by atoms with van der Waals surface area (Å²) >= 11 is 0. The zero-order valence-corrected chi connectivity index (χ0v) is 11.4. The number of benzene rings is 1. The molecule has 0 radical (unpaired) electrons. The van der Waals surface area contributed by atoms with E-state index in [4.69, 9.17) is 5.11 Å². The van der Waals surface area contributed by atoms with Crippen molar-refractivity contribution in [3.8, 4) is 0 Å². The van der Waals surface area contributed by atoms with Crippen LogP contribution in [0.15, 0.2) is 24.3 Å². The molecule has 0 amide bonds. The van der Waals surface area contributed by atoms with Crippen molar-refractivity contribution in [2.75, 3.05) is 19.6 Å². The summed E-state index contributed by atoms with van der Waals surface area (Å²) in [5.41, 5.74) is 0.985. The fourth-order valence-electron chi connectivity index (χ4n) is 2.09. The van der Waals surface area contributed by atoms with E-state index >= 15 is 0 Å². The molecule has 106 valence electrons. The van der Waals surface area contributed by atoms with Gasteiger partial charge in [0.25, 0.3) is 0 Å². The van der Waals surface area contributed by atoms with Crippen LogP contribution in [0.4, 0.5) is 4.39 Å². The third-order valence-electron chi connectivity index (χ3n) is 3.01. The third-order valence-corrected chi connectivity index (χ3v) is 3.01. The van der Waals surface area contributed by atoms with Gasteiger partial charge < -0.3 is 10.0 Å². The van der Waals surface area contributed by atoms with Crippen molar-refractivity contribution in [1.29, 1.82) is 0 Å². The quantitative estimate of drug-likeness (QED) is 0.748. The summed E-state index contributed by atoms with van der Waals surface area (Å²) in [5, 5.41) is 8.63. The molecule has 0 atom stereocenters. The molecule has 19 heavy (non-hydrogen) atoms. The first-order chi connectivity index (χ1) is 9.11. The molecule has 0 spiro atoms. The van der Waals surface area contributed by atoms with E-state index < -0.39 is 5.97 Å². The van der Waals surface area contributed by atoms with E-state index in [-0.39, 0.29) is 12.2 Å². The highest BCUT2D eigenvalue weighted by Gasteiger charge is 2.06. The molecule has 1 aromatic rings. The number of rotatable bonds is 9. The molecule has 0 unspecified atom stereocenters. The van der Waals surface area contributed by atoms with Crippen molar-refractivity contribution in [2.45, 2.75) is 32.6 Å². The van der Waals surface area contributed by atoms with E-state index in [0.29, 0.717) is 6.42 Å². The van der Waals surface area contributed by atoms with Crippen LogP contribution in [0.25, 0.3) is 0 Å². The lowest BCUT2D eigenvalue weighted by molar-refractivity contribution is -0.137. The van der Waals surface area contributed by atoms with E-state index in [0.717, 1.165) is 38.0 Å². The van der Waals surface area contributed by atoms with Gasteiger partial charge in [0.05, 0.1) is 0 Å². The molecule has 0 saturated heterocycles. The molecule has 3 nitrogen and oxygen atoms in total. The van der Waals surface area contributed by atoms with Crippen molar-refractivity contribution in [1.82, 2.24) is 4.90 Å². The van der Waals surface area contributed by atoms with Crippen LogP contribution in [0.2, 0.25) is 0 Å². The molecule has 4 heteroatoms. The van der Waals surface area contributed by atoms with Gasteiger partial charge in [0, 0.05) is 13.0 Å². The molecule has 0 heterocycles. The summed E-state index contributed by atoms with van der Waals surface area (Å²) in [4.78, 5) is 12.7. The first-order valence-corrected chi connectivity index (χ1v) is 6.80. The number of carboxylic acid groups (broad SMARTS) is 1. The van der Waals surface area contributed by atoms with Crippen LogP contribution in [0.3, 0.4) is 0 Å². The summed E-state index contributed by atoms with van der Waals surface area (Å²) in [5.74, 6) is -0.952. The molecule has 1 aromatic carbocycles. The van der Waals surface area contributed by atoms with Crippen molar-refractivity contribution in [2.24, 2.45) is 0 Å². The van der Waals surface area contributed by atoms with E-state index in [1.165, 1.54) is 6.07 Å². The number of hydrogen-bond donors (Lipinski definition) is 1. The Hall–Kier alpha value is -1.42. The van der Waals surface area contributed by atoms with E-state index in [9.17, 15) is 9.18 Å². The van der Waals surface area contributed by atoms with Crippen LogP contribution in [0.1, 0.15) is 31.7 Å². The average Bonchev–Trinajstić information content (AvgIpc) is 2.35. The molecule has 1 N–H and O–H groups in total. The first kappa shape index (κ1) is 15.6. The lowest BCUT2D eigenvalue weighted by atomic mass is 10.1. The van der Waals surface area contributed by atoms with E-state index in [1.807, 2.05) is 6.07 Å². The summed E-state index contributed by atoms with van der Waals surface area (Å²) < 4.78 is 13.1. The van der Waals surface area contributed by atoms with Crippen LogP contribution in [0.5, 0.6) is 0 Å². The maximum Gasteiger partial charge on any atom is 0.303 e. The van der Waals surface area contributed by atoms with Crippen molar-refractivity contribution in [3.63, 3.8) is 0 Å². The van der Waals surface area contributed by atoms with Gasteiger partial charge in [-0.2, -0.15) is 0 Å². The fourth-order valence-corrected chi connectivity index (χ4v) is 2.09. The minimum Gasteiger partial charge on any atom is -0.481 e. The maximum absolute atomic E-state index is 13.1. The van der Waals surface area contributed by atoms with Crippen molar-refractivity contribution in [3.05, 3.63) is 35.6 Å². The smallest absolute Gasteiger partial charge is 0.303 e. The number of hydrogen-bond acceptors (Lipinski definition) is 2. The number of nitrogens with zero attached hydrogens (tertiary/aromatic N) is 1. The third kappa shape index (κ3) is 6.91. The highest BCUT2D eigenvalue weighted by Crippen LogP contribution is 2.06. The summed E-state index contributed by atoms with van der Waals surface area (Å²) in [6.07, 6.45) is 2.71. The Morgan fingerprint density at radius 1 is 1.32 bits per heavy atom. The van der Waals surface area contributed by atoms with Crippen molar-refractivity contribution >= 4 is 5.97 Å². The second-order valence-corrected chi connectivity index (χ2v) is 4.72. The Balaban J connectivity index is 2.38. The molecule has 0 saturated carbocycles. The number of aliphatic carboxylic acids is 1. The predicted molar refractivity (Wildman–Crippen MR) is 73.7 cm³/mol. The van der Waals surface area contributed by atoms with Gasteiger partial charge in [0.15, 0.2) is 0 Å². The van der Waals surface area contributed by atoms with E-state index in [2.05, 4.69) is 11.8 Å². The minimum atomic E-state index is -0.749. The van der Waals surface area contributed by atoms with Crippen LogP contribution in [0, 0.1) is 5.82 Å². The second kappa shape index (κ2) is 8.64. The van der Waals surface area contributed by atoms with Gasteiger partial charge in [-0.3, -0.25) is 4.79 Å². The van der Waals surface area contributed by atoms with Crippen LogP contribution < -0.4 is 0 Å². The predicted octanol–water partition coefficient (Wildman–Crippen LogP) is 2.95. The van der Waals surface area contributed by atoms with Gasteiger partial charge in [-0.25, -0.2) is 4.39 Å². The van der Waals surface area contributed by atoms with Gasteiger partial charge >= 0.3 is 5.97 Å². The molecule has 0 aliphatic carbocycles. The molecule has 0 aliphatic heterocycles. The zero-order chi connectivity index (χ0) is 14.1. The van der Waals surface area contributed by atoms with Gasteiger partial charge in [-0.15, -0.1) is 0 Å². The highest BCUT2D eigenvalue weighted by atomic mass is 19.1. The summed E-state index contributed by atoms with van der Waals surface area (Å²) in [6.45, 7) is 4.69. The minimum absolute atomic E-state index is 0.203. The number of carbonyl (C=O) groups is 1. The lowest BCUT2D eigenvalue weighted by Gasteiger charge is -2.21. The Kier molecular flexibility index (Phi) is 7.11. The Morgan fingerprint density at radius 3 is 2.74 bits per heavy atom. The average molecular weight is 267 g/mol. The maximum atomic E-state index is 13.1. The van der Waals surface area contributed by atoms with Gasteiger partial charge in [-0.1, -0.05) is 19.1 Å². The van der Waals surface area contributed by atoms with Crippen LogP contribution in [-0.2, 0) is 11.2 Å². The molecule has 0 fully saturated rings. The number of halogens is 1. The lowest BCUT2D eigenvalue weighted by Crippen LogP contribution is -2.28. The highest BCUT2D eigenvalue weighted by molar-refractivity contribution is 5.66. The largest absolute Gasteiger partial charge is 0.481 e. The Bertz CT molecular complexity index is 395. The summed E-state index contributed by atoms with van der Waals surface area (Å²) in [7, 11) is 0. The van der Waals surface area contributed by atoms with Gasteiger partial charge in [0.1, 0.15) is 5.82 Å². The number of carboxylic acids is 1. The monoisotopic (exact) mass is 267 g/mol. The van der Waals surface area contributed by atoms with E-state index in [1.54, 1.807) is 12.1 Å². The first-order valence-electron chi connectivity index (χ1n) is 6.80.